The topological polar surface area (TPSA) is 72.5 Å². The molecule has 0 unspecified atom stereocenters. The van der Waals surface area contributed by atoms with Gasteiger partial charge in [-0.2, -0.15) is 0 Å². The van der Waals surface area contributed by atoms with E-state index in [1.807, 2.05) is 0 Å². The zero-order valence-corrected chi connectivity index (χ0v) is 13.0. The Kier molecular flexibility index (Phi) is 5.13. The molecule has 0 bridgehead atoms. The smallest absolute Gasteiger partial charge is 0.330 e. The first-order valence-corrected chi connectivity index (χ1v) is 8.04. The molecule has 0 aliphatic rings. The van der Waals surface area contributed by atoms with E-state index >= 15 is 0 Å². The summed E-state index contributed by atoms with van der Waals surface area (Å²) in [4.78, 5) is 11.0. The van der Waals surface area contributed by atoms with Crippen molar-refractivity contribution >= 4 is 27.8 Å². The minimum atomic E-state index is -3.94. The van der Waals surface area contributed by atoms with Crippen molar-refractivity contribution in [2.24, 2.45) is 0 Å². The number of rotatable bonds is 5. The third-order valence-corrected chi connectivity index (χ3v) is 4.26. The van der Waals surface area contributed by atoms with Gasteiger partial charge in [-0.15, -0.1) is 0 Å². The molecule has 0 radical (unpaired) electrons. The lowest BCUT2D eigenvalue weighted by Gasteiger charge is -2.09. The van der Waals surface area contributed by atoms with Gasteiger partial charge in [-0.25, -0.2) is 17.6 Å². The molecule has 0 saturated heterocycles. The minimum Gasteiger partial charge on any atom is -0.466 e. The highest BCUT2D eigenvalue weighted by Crippen LogP contribution is 2.19. The van der Waals surface area contributed by atoms with E-state index in [1.165, 1.54) is 55.7 Å². The summed E-state index contributed by atoms with van der Waals surface area (Å²) in [5.74, 6) is -1.22. The molecule has 0 spiro atoms. The van der Waals surface area contributed by atoms with Crippen LogP contribution in [-0.4, -0.2) is 21.5 Å². The van der Waals surface area contributed by atoms with Crippen LogP contribution in [0.4, 0.5) is 10.1 Å². The number of nitrogens with one attached hydrogen (secondary N) is 1. The van der Waals surface area contributed by atoms with Crippen molar-refractivity contribution in [2.45, 2.75) is 4.90 Å². The molecule has 5 nitrogen and oxygen atoms in total. The van der Waals surface area contributed by atoms with Crippen molar-refractivity contribution in [2.75, 3.05) is 11.8 Å². The fraction of sp³-hybridized carbons (Fsp3) is 0.0625. The normalized spacial score (nSPS) is 11.4. The summed E-state index contributed by atoms with van der Waals surface area (Å²) < 4.78 is 44.8. The summed E-state index contributed by atoms with van der Waals surface area (Å²) in [6.45, 7) is 0. The molecule has 0 saturated carbocycles. The number of hydrogen-bond donors (Lipinski definition) is 1. The summed E-state index contributed by atoms with van der Waals surface area (Å²) in [5.41, 5.74) is 0.356. The van der Waals surface area contributed by atoms with E-state index in [2.05, 4.69) is 9.46 Å². The molecular weight excluding hydrogens is 321 g/mol. The monoisotopic (exact) mass is 335 g/mol. The number of hydrogen-bond acceptors (Lipinski definition) is 4. The number of benzene rings is 2. The maximum atomic E-state index is 13.6. The maximum absolute atomic E-state index is 13.6. The Morgan fingerprint density at radius 2 is 1.91 bits per heavy atom. The van der Waals surface area contributed by atoms with Gasteiger partial charge >= 0.3 is 5.97 Å². The third-order valence-electron chi connectivity index (χ3n) is 2.90. The average Bonchev–Trinajstić information content (AvgIpc) is 2.55. The van der Waals surface area contributed by atoms with Crippen LogP contribution in [0.5, 0.6) is 0 Å². The molecule has 0 atom stereocenters. The molecule has 0 fully saturated rings. The molecular formula is C16H14FNO4S. The number of esters is 1. The standard InChI is InChI=1S/C16H14FNO4S/c1-22-16(19)10-9-12-5-4-6-13(11-12)23(20,21)18-15-8-3-2-7-14(15)17/h2-11,18H,1H3/b10-9+. The highest BCUT2D eigenvalue weighted by molar-refractivity contribution is 7.92. The van der Waals surface area contributed by atoms with Crippen LogP contribution in [0, 0.1) is 5.82 Å². The van der Waals surface area contributed by atoms with Gasteiger partial charge in [0.05, 0.1) is 17.7 Å². The van der Waals surface area contributed by atoms with Gasteiger partial charge in [0.15, 0.2) is 0 Å². The van der Waals surface area contributed by atoms with Gasteiger partial charge in [0, 0.05) is 6.08 Å². The van der Waals surface area contributed by atoms with E-state index in [4.69, 9.17) is 0 Å². The number of carbonyl (C=O) groups is 1. The number of sulfonamides is 1. The predicted octanol–water partition coefficient (Wildman–Crippen LogP) is 2.81. The van der Waals surface area contributed by atoms with Gasteiger partial charge in [-0.3, -0.25) is 4.72 Å². The molecule has 0 heterocycles. The van der Waals surface area contributed by atoms with E-state index in [9.17, 15) is 17.6 Å². The second-order valence-electron chi connectivity index (χ2n) is 4.51. The lowest BCUT2D eigenvalue weighted by Crippen LogP contribution is -2.14. The van der Waals surface area contributed by atoms with Crippen molar-refractivity contribution in [3.63, 3.8) is 0 Å². The largest absolute Gasteiger partial charge is 0.466 e. The van der Waals surface area contributed by atoms with Crippen LogP contribution in [0.15, 0.2) is 59.5 Å². The Hall–Kier alpha value is -2.67. The highest BCUT2D eigenvalue weighted by Gasteiger charge is 2.16. The summed E-state index contributed by atoms with van der Waals surface area (Å²) in [6.07, 6.45) is 2.60. The van der Waals surface area contributed by atoms with Gasteiger partial charge in [-0.05, 0) is 35.9 Å². The molecule has 23 heavy (non-hydrogen) atoms. The predicted molar refractivity (Wildman–Crippen MR) is 84.7 cm³/mol. The van der Waals surface area contributed by atoms with Crippen molar-refractivity contribution in [3.05, 3.63) is 66.0 Å². The van der Waals surface area contributed by atoms with Gasteiger partial charge in [0.1, 0.15) is 5.82 Å². The quantitative estimate of drug-likeness (QED) is 0.674. The lowest BCUT2D eigenvalue weighted by atomic mass is 10.2. The third kappa shape index (κ3) is 4.40. The fourth-order valence-corrected chi connectivity index (χ4v) is 2.89. The van der Waals surface area contributed by atoms with Crippen LogP contribution < -0.4 is 4.72 Å². The first-order valence-electron chi connectivity index (χ1n) is 6.56. The molecule has 0 amide bonds. The van der Waals surface area contributed by atoms with Gasteiger partial charge in [0.25, 0.3) is 10.0 Å². The van der Waals surface area contributed by atoms with E-state index in [0.29, 0.717) is 5.56 Å². The van der Waals surface area contributed by atoms with Gasteiger partial charge in [0.2, 0.25) is 0 Å². The van der Waals surface area contributed by atoms with Crippen molar-refractivity contribution < 1.29 is 22.3 Å². The summed E-state index contributed by atoms with van der Waals surface area (Å²) >= 11 is 0. The average molecular weight is 335 g/mol. The Morgan fingerprint density at radius 1 is 1.17 bits per heavy atom. The Balaban J connectivity index is 2.28. The van der Waals surface area contributed by atoms with E-state index < -0.39 is 21.8 Å². The van der Waals surface area contributed by atoms with Crippen LogP contribution in [0.2, 0.25) is 0 Å². The Bertz CT molecular complexity index is 847. The molecule has 1 N–H and O–H groups in total. The molecule has 120 valence electrons. The van der Waals surface area contributed by atoms with Crippen molar-refractivity contribution in [3.8, 4) is 0 Å². The molecule has 2 rings (SSSR count). The van der Waals surface area contributed by atoms with Gasteiger partial charge in [-0.1, -0.05) is 24.3 Å². The summed E-state index contributed by atoms with van der Waals surface area (Å²) in [5, 5.41) is 0. The molecule has 2 aromatic carbocycles. The first-order chi connectivity index (χ1) is 10.9. The minimum absolute atomic E-state index is 0.0484. The molecule has 0 aromatic heterocycles. The van der Waals surface area contributed by atoms with Gasteiger partial charge < -0.3 is 4.74 Å². The van der Waals surface area contributed by atoms with E-state index in [1.54, 1.807) is 6.07 Å². The molecule has 2 aromatic rings. The number of methoxy groups -OCH3 is 1. The van der Waals surface area contributed by atoms with Crippen LogP contribution in [0.3, 0.4) is 0 Å². The zero-order valence-electron chi connectivity index (χ0n) is 12.2. The SMILES string of the molecule is COC(=O)/C=C/c1cccc(S(=O)(=O)Nc2ccccc2F)c1. The molecule has 7 heteroatoms. The number of halogens is 1. The molecule has 0 aliphatic carbocycles. The van der Waals surface area contributed by atoms with Crippen molar-refractivity contribution in [1.82, 2.24) is 0 Å². The van der Waals surface area contributed by atoms with Crippen LogP contribution in [0.1, 0.15) is 5.56 Å². The van der Waals surface area contributed by atoms with Crippen LogP contribution in [0.25, 0.3) is 6.08 Å². The highest BCUT2D eigenvalue weighted by atomic mass is 32.2. The van der Waals surface area contributed by atoms with Crippen molar-refractivity contribution in [1.29, 1.82) is 0 Å². The van der Waals surface area contributed by atoms with Crippen LogP contribution >= 0.6 is 0 Å². The Labute approximate surface area is 133 Å². The lowest BCUT2D eigenvalue weighted by molar-refractivity contribution is -0.134. The maximum Gasteiger partial charge on any atom is 0.330 e. The number of para-hydroxylation sites is 1. The van der Waals surface area contributed by atoms with E-state index in [-0.39, 0.29) is 10.6 Å². The number of carbonyl (C=O) groups excluding carboxylic acids is 1. The second kappa shape index (κ2) is 7.06. The fourth-order valence-electron chi connectivity index (χ4n) is 1.77. The second-order valence-corrected chi connectivity index (χ2v) is 6.20. The molecule has 0 aliphatic heterocycles. The number of ether oxygens (including phenoxy) is 1. The van der Waals surface area contributed by atoms with E-state index in [0.717, 1.165) is 6.07 Å². The number of anilines is 1. The summed E-state index contributed by atoms with van der Waals surface area (Å²) in [6, 6.07) is 11.4. The first kappa shape index (κ1) is 16.7. The van der Waals surface area contributed by atoms with Crippen LogP contribution in [-0.2, 0) is 19.6 Å². The summed E-state index contributed by atoms with van der Waals surface area (Å²) in [7, 11) is -2.70. The zero-order chi connectivity index (χ0) is 16.9. The Morgan fingerprint density at radius 3 is 2.61 bits per heavy atom.